The highest BCUT2D eigenvalue weighted by atomic mass is 16.3. The van der Waals surface area contributed by atoms with Crippen molar-refractivity contribution in [2.24, 2.45) is 10.9 Å². The van der Waals surface area contributed by atoms with E-state index in [1.165, 1.54) is 5.71 Å². The van der Waals surface area contributed by atoms with Gasteiger partial charge in [-0.25, -0.2) is 0 Å². The first-order chi connectivity index (χ1) is 5.25. The monoisotopic (exact) mass is 151 g/mol. The minimum atomic E-state index is -0.135. The van der Waals surface area contributed by atoms with Gasteiger partial charge in [0.15, 0.2) is 0 Å². The van der Waals surface area contributed by atoms with E-state index in [0.29, 0.717) is 5.92 Å². The smallest absolute Gasteiger partial charge is 0.0593 e. The Hall–Kier alpha value is -0.630. The molecule has 2 heteroatoms. The zero-order valence-electron chi connectivity index (χ0n) is 6.75. The standard InChI is InChI=1S/C9H13NO/c1-6-4-7-2-3-8(11)5-9(7)10-6/h4,7-8,11H,2-3,5H2,1H3/t7-,8-/m1/s1. The second-order valence-corrected chi connectivity index (χ2v) is 3.45. The van der Waals surface area contributed by atoms with Crippen molar-refractivity contribution in [1.82, 2.24) is 0 Å². The highest BCUT2D eigenvalue weighted by molar-refractivity contribution is 5.92. The van der Waals surface area contributed by atoms with Gasteiger partial charge in [-0.1, -0.05) is 6.08 Å². The largest absolute Gasteiger partial charge is 0.393 e. The van der Waals surface area contributed by atoms with E-state index in [1.807, 2.05) is 6.92 Å². The molecule has 0 aromatic carbocycles. The summed E-state index contributed by atoms with van der Waals surface area (Å²) in [6.45, 7) is 2.03. The maximum atomic E-state index is 9.34. The molecule has 2 aliphatic rings. The molecule has 2 rings (SSSR count). The topological polar surface area (TPSA) is 32.6 Å². The Bertz CT molecular complexity index is 230. The molecule has 1 fully saturated rings. The Morgan fingerprint density at radius 1 is 1.55 bits per heavy atom. The SMILES string of the molecule is CC1=C[C@H]2CC[C@@H](O)CC2=N1. The lowest BCUT2D eigenvalue weighted by atomic mass is 9.86. The second-order valence-electron chi connectivity index (χ2n) is 3.45. The minimum absolute atomic E-state index is 0.135. The van der Waals surface area contributed by atoms with Crippen LogP contribution in [0.4, 0.5) is 0 Å². The van der Waals surface area contributed by atoms with Gasteiger partial charge in [0.05, 0.1) is 6.10 Å². The van der Waals surface area contributed by atoms with Crippen LogP contribution in [-0.4, -0.2) is 16.9 Å². The van der Waals surface area contributed by atoms with Crippen molar-refractivity contribution in [3.05, 3.63) is 11.8 Å². The fourth-order valence-corrected chi connectivity index (χ4v) is 1.90. The summed E-state index contributed by atoms with van der Waals surface area (Å²) in [7, 11) is 0. The van der Waals surface area contributed by atoms with E-state index in [2.05, 4.69) is 11.1 Å². The molecule has 0 aromatic rings. The zero-order chi connectivity index (χ0) is 7.84. The summed E-state index contributed by atoms with van der Waals surface area (Å²) in [5.74, 6) is 0.554. The van der Waals surface area contributed by atoms with Crippen LogP contribution in [0.3, 0.4) is 0 Å². The number of nitrogens with zero attached hydrogens (tertiary/aromatic N) is 1. The molecule has 1 saturated carbocycles. The van der Waals surface area contributed by atoms with Crippen LogP contribution in [0.2, 0.25) is 0 Å². The molecule has 0 aromatic heterocycles. The van der Waals surface area contributed by atoms with E-state index in [9.17, 15) is 5.11 Å². The van der Waals surface area contributed by atoms with Gasteiger partial charge >= 0.3 is 0 Å². The first-order valence-corrected chi connectivity index (χ1v) is 4.19. The van der Waals surface area contributed by atoms with Crippen molar-refractivity contribution < 1.29 is 5.11 Å². The molecule has 0 saturated heterocycles. The third-order valence-corrected chi connectivity index (χ3v) is 2.45. The van der Waals surface area contributed by atoms with Crippen LogP contribution in [-0.2, 0) is 0 Å². The third-order valence-electron chi connectivity index (χ3n) is 2.45. The Morgan fingerprint density at radius 3 is 3.18 bits per heavy atom. The predicted molar refractivity (Wildman–Crippen MR) is 44.5 cm³/mol. The Kier molecular flexibility index (Phi) is 1.57. The van der Waals surface area contributed by atoms with Crippen LogP contribution in [0.1, 0.15) is 26.2 Å². The Balaban J connectivity index is 2.16. The van der Waals surface area contributed by atoms with Gasteiger partial charge in [0.2, 0.25) is 0 Å². The van der Waals surface area contributed by atoms with Gasteiger partial charge < -0.3 is 5.11 Å². The lowest BCUT2D eigenvalue weighted by Gasteiger charge is -2.22. The van der Waals surface area contributed by atoms with Crippen LogP contribution in [0.25, 0.3) is 0 Å². The number of aliphatic hydroxyl groups is 1. The average Bonchev–Trinajstić information content (AvgIpc) is 2.27. The van der Waals surface area contributed by atoms with Crippen LogP contribution in [0, 0.1) is 5.92 Å². The molecule has 1 aliphatic carbocycles. The molecule has 1 heterocycles. The molecule has 60 valence electrons. The average molecular weight is 151 g/mol. The molecular weight excluding hydrogens is 138 g/mol. The van der Waals surface area contributed by atoms with Gasteiger partial charge in [-0.15, -0.1) is 0 Å². The van der Waals surface area contributed by atoms with Crippen LogP contribution >= 0.6 is 0 Å². The van der Waals surface area contributed by atoms with Crippen molar-refractivity contribution >= 4 is 5.71 Å². The van der Waals surface area contributed by atoms with Gasteiger partial charge in [0.1, 0.15) is 0 Å². The number of aliphatic imine (C=N–C) groups is 1. The van der Waals surface area contributed by atoms with Gasteiger partial charge in [-0.2, -0.15) is 0 Å². The predicted octanol–water partition coefficient (Wildman–Crippen LogP) is 1.51. The number of rotatable bonds is 0. The Labute approximate surface area is 66.6 Å². The van der Waals surface area contributed by atoms with Crippen molar-refractivity contribution in [2.75, 3.05) is 0 Å². The minimum Gasteiger partial charge on any atom is -0.393 e. The first kappa shape index (κ1) is 7.04. The number of hydrogen-bond donors (Lipinski definition) is 1. The summed E-state index contributed by atoms with van der Waals surface area (Å²) in [4.78, 5) is 4.38. The maximum absolute atomic E-state index is 9.34. The number of hydrogen-bond acceptors (Lipinski definition) is 2. The molecule has 0 bridgehead atoms. The third kappa shape index (κ3) is 1.23. The fraction of sp³-hybridized carbons (Fsp3) is 0.667. The summed E-state index contributed by atoms with van der Waals surface area (Å²) in [5, 5.41) is 9.34. The lowest BCUT2D eigenvalue weighted by molar-refractivity contribution is 0.157. The lowest BCUT2D eigenvalue weighted by Crippen LogP contribution is -2.24. The highest BCUT2D eigenvalue weighted by Gasteiger charge is 2.26. The number of allylic oxidation sites excluding steroid dienone is 2. The molecular formula is C9H13NO. The van der Waals surface area contributed by atoms with Gasteiger partial charge in [0.25, 0.3) is 0 Å². The summed E-state index contributed by atoms with van der Waals surface area (Å²) in [6.07, 6.45) is 4.88. The van der Waals surface area contributed by atoms with Gasteiger partial charge in [-0.3, -0.25) is 4.99 Å². The quantitative estimate of drug-likeness (QED) is 0.559. The normalized spacial score (nSPS) is 36.2. The molecule has 0 unspecified atom stereocenters. The van der Waals surface area contributed by atoms with Crippen LogP contribution < -0.4 is 0 Å². The molecule has 1 N–H and O–H groups in total. The van der Waals surface area contributed by atoms with E-state index in [0.717, 1.165) is 25.0 Å². The molecule has 0 radical (unpaired) electrons. The van der Waals surface area contributed by atoms with E-state index < -0.39 is 0 Å². The molecule has 0 spiro atoms. The number of aliphatic hydroxyl groups excluding tert-OH is 1. The molecule has 0 amide bonds. The molecule has 2 atom stereocenters. The van der Waals surface area contributed by atoms with E-state index in [4.69, 9.17) is 0 Å². The van der Waals surface area contributed by atoms with Crippen molar-refractivity contribution in [2.45, 2.75) is 32.3 Å². The van der Waals surface area contributed by atoms with Crippen LogP contribution in [0.5, 0.6) is 0 Å². The Morgan fingerprint density at radius 2 is 2.36 bits per heavy atom. The van der Waals surface area contributed by atoms with Crippen molar-refractivity contribution in [3.63, 3.8) is 0 Å². The number of fused-ring (bicyclic) bond motifs is 1. The first-order valence-electron chi connectivity index (χ1n) is 4.19. The van der Waals surface area contributed by atoms with Gasteiger partial charge in [0, 0.05) is 23.7 Å². The van der Waals surface area contributed by atoms with Crippen molar-refractivity contribution in [1.29, 1.82) is 0 Å². The summed E-state index contributed by atoms with van der Waals surface area (Å²) in [6, 6.07) is 0. The fourth-order valence-electron chi connectivity index (χ4n) is 1.90. The second kappa shape index (κ2) is 2.45. The summed E-state index contributed by atoms with van der Waals surface area (Å²) >= 11 is 0. The molecule has 2 nitrogen and oxygen atoms in total. The van der Waals surface area contributed by atoms with E-state index in [1.54, 1.807) is 0 Å². The summed E-state index contributed by atoms with van der Waals surface area (Å²) in [5.41, 5.74) is 2.32. The molecule has 1 aliphatic heterocycles. The van der Waals surface area contributed by atoms with E-state index >= 15 is 0 Å². The molecule has 11 heavy (non-hydrogen) atoms. The van der Waals surface area contributed by atoms with Gasteiger partial charge in [-0.05, 0) is 19.8 Å². The van der Waals surface area contributed by atoms with E-state index in [-0.39, 0.29) is 6.10 Å². The summed E-state index contributed by atoms with van der Waals surface area (Å²) < 4.78 is 0. The maximum Gasteiger partial charge on any atom is 0.0593 e. The van der Waals surface area contributed by atoms with Crippen molar-refractivity contribution in [3.8, 4) is 0 Å². The zero-order valence-corrected chi connectivity index (χ0v) is 6.75. The highest BCUT2D eigenvalue weighted by Crippen LogP contribution is 2.29. The van der Waals surface area contributed by atoms with Crippen LogP contribution in [0.15, 0.2) is 16.8 Å².